The van der Waals surface area contributed by atoms with Gasteiger partial charge in [0.2, 0.25) is 0 Å². The summed E-state index contributed by atoms with van der Waals surface area (Å²) in [6, 6.07) is 8.79. The highest BCUT2D eigenvalue weighted by Gasteiger charge is 2.12. The molecule has 0 aliphatic heterocycles. The molecule has 114 valence electrons. The van der Waals surface area contributed by atoms with E-state index < -0.39 is 0 Å². The standard InChI is InChI=1S/C18H32N2/c1-5-16(6-2)14-20(7-3)13-12-18(19)17-10-8-15(4)9-11-17/h8-11,16,18H,5-7,12-14,19H2,1-4H3. The Morgan fingerprint density at radius 3 is 2.15 bits per heavy atom. The van der Waals surface area contributed by atoms with Crippen LogP contribution in [0.15, 0.2) is 24.3 Å². The van der Waals surface area contributed by atoms with E-state index in [0.717, 1.165) is 25.4 Å². The second kappa shape index (κ2) is 9.15. The summed E-state index contributed by atoms with van der Waals surface area (Å²) in [6.45, 7) is 12.4. The van der Waals surface area contributed by atoms with E-state index in [1.165, 1.54) is 30.5 Å². The number of nitrogens with zero attached hydrogens (tertiary/aromatic N) is 1. The smallest absolute Gasteiger partial charge is 0.0307 e. The molecule has 0 amide bonds. The average Bonchev–Trinajstić information content (AvgIpc) is 2.48. The van der Waals surface area contributed by atoms with Crippen molar-refractivity contribution in [1.29, 1.82) is 0 Å². The van der Waals surface area contributed by atoms with E-state index in [1.54, 1.807) is 0 Å². The number of aryl methyl sites for hydroxylation is 1. The van der Waals surface area contributed by atoms with Gasteiger partial charge in [-0.2, -0.15) is 0 Å². The summed E-state index contributed by atoms with van der Waals surface area (Å²) in [5, 5.41) is 0. The van der Waals surface area contributed by atoms with Gasteiger partial charge in [0.1, 0.15) is 0 Å². The van der Waals surface area contributed by atoms with Crippen molar-refractivity contribution in [3.63, 3.8) is 0 Å². The predicted molar refractivity (Wildman–Crippen MR) is 88.9 cm³/mol. The molecule has 0 saturated carbocycles. The number of hydrogen-bond acceptors (Lipinski definition) is 2. The molecule has 2 nitrogen and oxygen atoms in total. The van der Waals surface area contributed by atoms with Crippen LogP contribution < -0.4 is 5.73 Å². The van der Waals surface area contributed by atoms with Gasteiger partial charge in [0.15, 0.2) is 0 Å². The summed E-state index contributed by atoms with van der Waals surface area (Å²) in [5.41, 5.74) is 8.87. The Bertz CT molecular complexity index is 354. The molecule has 0 radical (unpaired) electrons. The van der Waals surface area contributed by atoms with Crippen LogP contribution in [0.1, 0.15) is 57.2 Å². The van der Waals surface area contributed by atoms with Crippen LogP contribution in [0.4, 0.5) is 0 Å². The summed E-state index contributed by atoms with van der Waals surface area (Å²) in [4.78, 5) is 2.55. The molecule has 0 heterocycles. The molecule has 0 aliphatic carbocycles. The summed E-state index contributed by atoms with van der Waals surface area (Å²) in [5.74, 6) is 0.825. The molecule has 0 spiro atoms. The minimum Gasteiger partial charge on any atom is -0.324 e. The maximum Gasteiger partial charge on any atom is 0.0307 e. The third-order valence-corrected chi connectivity index (χ3v) is 4.38. The van der Waals surface area contributed by atoms with Crippen molar-refractivity contribution in [2.45, 2.75) is 53.0 Å². The van der Waals surface area contributed by atoms with Gasteiger partial charge in [0.05, 0.1) is 0 Å². The molecule has 2 N–H and O–H groups in total. The Labute approximate surface area is 125 Å². The van der Waals surface area contributed by atoms with Gasteiger partial charge in [-0.3, -0.25) is 0 Å². The zero-order valence-corrected chi connectivity index (χ0v) is 13.7. The fourth-order valence-corrected chi connectivity index (χ4v) is 2.59. The van der Waals surface area contributed by atoms with E-state index in [-0.39, 0.29) is 6.04 Å². The minimum atomic E-state index is 0.159. The lowest BCUT2D eigenvalue weighted by Gasteiger charge is -2.26. The first-order valence-corrected chi connectivity index (χ1v) is 8.15. The van der Waals surface area contributed by atoms with E-state index in [2.05, 4.69) is 56.9 Å². The van der Waals surface area contributed by atoms with Gasteiger partial charge < -0.3 is 10.6 Å². The van der Waals surface area contributed by atoms with Gasteiger partial charge in [-0.05, 0) is 37.9 Å². The molecule has 1 unspecified atom stereocenters. The fraction of sp³-hybridized carbons (Fsp3) is 0.667. The van der Waals surface area contributed by atoms with Gasteiger partial charge in [0.25, 0.3) is 0 Å². The van der Waals surface area contributed by atoms with Crippen LogP contribution in [0.2, 0.25) is 0 Å². The lowest BCUT2D eigenvalue weighted by Crippen LogP contribution is -2.31. The third-order valence-electron chi connectivity index (χ3n) is 4.38. The monoisotopic (exact) mass is 276 g/mol. The first-order chi connectivity index (χ1) is 9.60. The topological polar surface area (TPSA) is 29.3 Å². The molecule has 2 heteroatoms. The van der Waals surface area contributed by atoms with Gasteiger partial charge in [-0.1, -0.05) is 63.4 Å². The normalized spacial score (nSPS) is 13.2. The van der Waals surface area contributed by atoms with E-state index in [1.807, 2.05) is 0 Å². The van der Waals surface area contributed by atoms with Crippen molar-refractivity contribution >= 4 is 0 Å². The number of benzene rings is 1. The maximum absolute atomic E-state index is 6.32. The van der Waals surface area contributed by atoms with Crippen LogP contribution in [0.5, 0.6) is 0 Å². The van der Waals surface area contributed by atoms with Crippen molar-refractivity contribution in [2.75, 3.05) is 19.6 Å². The SMILES string of the molecule is CCC(CC)CN(CC)CCC(N)c1ccc(C)cc1. The van der Waals surface area contributed by atoms with Crippen LogP contribution >= 0.6 is 0 Å². The molecule has 1 aromatic carbocycles. The Morgan fingerprint density at radius 1 is 1.05 bits per heavy atom. The van der Waals surface area contributed by atoms with Crippen molar-refractivity contribution in [2.24, 2.45) is 11.7 Å². The highest BCUT2D eigenvalue weighted by Crippen LogP contribution is 2.16. The molecule has 1 aromatic rings. The zero-order valence-electron chi connectivity index (χ0n) is 13.7. The van der Waals surface area contributed by atoms with Crippen LogP contribution in [-0.2, 0) is 0 Å². The Hall–Kier alpha value is -0.860. The van der Waals surface area contributed by atoms with Gasteiger partial charge >= 0.3 is 0 Å². The van der Waals surface area contributed by atoms with Gasteiger partial charge in [-0.15, -0.1) is 0 Å². The molecular weight excluding hydrogens is 244 g/mol. The second-order valence-electron chi connectivity index (χ2n) is 5.88. The Kier molecular flexibility index (Phi) is 7.86. The van der Waals surface area contributed by atoms with E-state index in [0.29, 0.717) is 0 Å². The molecule has 0 aromatic heterocycles. The van der Waals surface area contributed by atoms with E-state index >= 15 is 0 Å². The third kappa shape index (κ3) is 5.64. The quantitative estimate of drug-likeness (QED) is 0.734. The molecular formula is C18H32N2. The molecule has 1 atom stereocenters. The second-order valence-corrected chi connectivity index (χ2v) is 5.88. The lowest BCUT2D eigenvalue weighted by atomic mass is 10.0. The van der Waals surface area contributed by atoms with Crippen molar-refractivity contribution < 1.29 is 0 Å². The number of nitrogens with two attached hydrogens (primary N) is 1. The molecule has 0 saturated heterocycles. The van der Waals surface area contributed by atoms with Crippen molar-refractivity contribution in [3.8, 4) is 0 Å². The first kappa shape index (κ1) is 17.2. The number of rotatable bonds is 9. The lowest BCUT2D eigenvalue weighted by molar-refractivity contribution is 0.226. The molecule has 1 rings (SSSR count). The predicted octanol–water partition coefficient (Wildman–Crippen LogP) is 4.14. The fourth-order valence-electron chi connectivity index (χ4n) is 2.59. The van der Waals surface area contributed by atoms with Crippen LogP contribution in [0.3, 0.4) is 0 Å². The summed E-state index contributed by atoms with van der Waals surface area (Å²) >= 11 is 0. The Balaban J connectivity index is 2.45. The Morgan fingerprint density at radius 2 is 1.65 bits per heavy atom. The first-order valence-electron chi connectivity index (χ1n) is 8.15. The largest absolute Gasteiger partial charge is 0.324 e. The zero-order chi connectivity index (χ0) is 15.0. The van der Waals surface area contributed by atoms with E-state index in [4.69, 9.17) is 5.73 Å². The molecule has 0 aliphatic rings. The van der Waals surface area contributed by atoms with Crippen LogP contribution in [-0.4, -0.2) is 24.5 Å². The van der Waals surface area contributed by atoms with Gasteiger partial charge in [0, 0.05) is 12.6 Å². The summed E-state index contributed by atoms with van der Waals surface area (Å²) < 4.78 is 0. The average molecular weight is 276 g/mol. The summed E-state index contributed by atoms with van der Waals surface area (Å²) in [6.07, 6.45) is 3.59. The molecule has 20 heavy (non-hydrogen) atoms. The highest BCUT2D eigenvalue weighted by atomic mass is 15.1. The van der Waals surface area contributed by atoms with E-state index in [9.17, 15) is 0 Å². The highest BCUT2D eigenvalue weighted by molar-refractivity contribution is 5.23. The van der Waals surface area contributed by atoms with Crippen molar-refractivity contribution in [3.05, 3.63) is 35.4 Å². The van der Waals surface area contributed by atoms with Crippen LogP contribution in [0, 0.1) is 12.8 Å². The molecule has 0 fully saturated rings. The van der Waals surface area contributed by atoms with Gasteiger partial charge in [-0.25, -0.2) is 0 Å². The molecule has 0 bridgehead atoms. The van der Waals surface area contributed by atoms with Crippen LogP contribution in [0.25, 0.3) is 0 Å². The summed E-state index contributed by atoms with van der Waals surface area (Å²) in [7, 11) is 0. The minimum absolute atomic E-state index is 0.159. The van der Waals surface area contributed by atoms with Crippen molar-refractivity contribution in [1.82, 2.24) is 4.90 Å². The number of hydrogen-bond donors (Lipinski definition) is 1. The maximum atomic E-state index is 6.32.